The van der Waals surface area contributed by atoms with E-state index in [-0.39, 0.29) is 12.5 Å². The van der Waals surface area contributed by atoms with Gasteiger partial charge in [-0.05, 0) is 12.8 Å². The smallest absolute Gasteiger partial charge is 0.323 e. The third-order valence-electron chi connectivity index (χ3n) is 3.67. The Labute approximate surface area is 129 Å². The van der Waals surface area contributed by atoms with Crippen molar-refractivity contribution in [2.45, 2.75) is 84.5 Å². The number of aliphatic carboxylic acids is 1. The number of hydrogen-bond donors (Lipinski definition) is 1. The van der Waals surface area contributed by atoms with Crippen molar-refractivity contribution in [2.24, 2.45) is 0 Å². The first-order valence-corrected chi connectivity index (χ1v) is 8.61. The number of carbonyl (C=O) groups excluding carboxylic acids is 1. The normalized spacial score (nSPS) is 10.6. The summed E-state index contributed by atoms with van der Waals surface area (Å²) in [6.45, 7) is 4.57. The van der Waals surface area contributed by atoms with Crippen LogP contribution in [0, 0.1) is 0 Å². The van der Waals surface area contributed by atoms with Crippen LogP contribution in [-0.4, -0.2) is 35.0 Å². The Morgan fingerprint density at radius 3 is 1.81 bits per heavy atom. The van der Waals surface area contributed by atoms with Crippen molar-refractivity contribution in [3.63, 3.8) is 0 Å². The Kier molecular flexibility index (Phi) is 13.2. The summed E-state index contributed by atoms with van der Waals surface area (Å²) in [6.07, 6.45) is 12.3. The number of carbonyl (C=O) groups is 2. The fraction of sp³-hybridized carbons (Fsp3) is 0.882. The molecule has 0 fully saturated rings. The van der Waals surface area contributed by atoms with E-state index < -0.39 is 5.97 Å². The predicted molar refractivity (Wildman–Crippen MR) is 86.4 cm³/mol. The molecule has 0 saturated heterocycles. The number of carboxylic acid groups (broad SMARTS) is 1. The highest BCUT2D eigenvalue weighted by Gasteiger charge is 2.14. The summed E-state index contributed by atoms with van der Waals surface area (Å²) >= 11 is 0. The molecular weight excluding hydrogens is 266 g/mol. The highest BCUT2D eigenvalue weighted by atomic mass is 16.4. The molecule has 0 radical (unpaired) electrons. The second-order valence-electron chi connectivity index (χ2n) is 5.79. The zero-order chi connectivity index (χ0) is 15.9. The number of amides is 1. The van der Waals surface area contributed by atoms with Crippen LogP contribution in [0.1, 0.15) is 84.5 Å². The summed E-state index contributed by atoms with van der Waals surface area (Å²) in [6, 6.07) is 0. The van der Waals surface area contributed by atoms with Gasteiger partial charge in [-0.15, -0.1) is 0 Å². The van der Waals surface area contributed by atoms with Crippen LogP contribution in [0.4, 0.5) is 0 Å². The van der Waals surface area contributed by atoms with Gasteiger partial charge in [0.2, 0.25) is 5.91 Å². The molecule has 0 rings (SSSR count). The van der Waals surface area contributed by atoms with Gasteiger partial charge in [0.1, 0.15) is 6.54 Å². The van der Waals surface area contributed by atoms with Gasteiger partial charge in [-0.3, -0.25) is 9.59 Å². The monoisotopic (exact) mass is 299 g/mol. The highest BCUT2D eigenvalue weighted by Crippen LogP contribution is 2.11. The number of rotatable bonds is 14. The molecule has 0 unspecified atom stereocenters. The Bertz CT molecular complexity index is 279. The molecule has 0 spiro atoms. The number of carboxylic acids is 1. The summed E-state index contributed by atoms with van der Waals surface area (Å²) in [5.74, 6) is -0.939. The van der Waals surface area contributed by atoms with Gasteiger partial charge in [0, 0.05) is 13.0 Å². The minimum absolute atomic E-state index is 0.0119. The summed E-state index contributed by atoms with van der Waals surface area (Å²) in [7, 11) is 0. The third-order valence-corrected chi connectivity index (χ3v) is 3.67. The van der Waals surface area contributed by atoms with Crippen LogP contribution >= 0.6 is 0 Å². The van der Waals surface area contributed by atoms with Gasteiger partial charge in [-0.2, -0.15) is 0 Å². The van der Waals surface area contributed by atoms with E-state index in [2.05, 4.69) is 6.92 Å². The molecule has 21 heavy (non-hydrogen) atoms. The molecule has 4 nitrogen and oxygen atoms in total. The molecule has 1 N–H and O–H groups in total. The molecule has 0 aliphatic heterocycles. The van der Waals surface area contributed by atoms with Crippen LogP contribution in [0.5, 0.6) is 0 Å². The molecule has 0 saturated carbocycles. The largest absolute Gasteiger partial charge is 0.480 e. The first-order chi connectivity index (χ1) is 10.1. The molecule has 0 aromatic heterocycles. The Morgan fingerprint density at radius 2 is 1.33 bits per heavy atom. The van der Waals surface area contributed by atoms with Crippen LogP contribution in [0.15, 0.2) is 0 Å². The fourth-order valence-corrected chi connectivity index (χ4v) is 2.47. The van der Waals surface area contributed by atoms with E-state index in [1.807, 2.05) is 6.92 Å². The van der Waals surface area contributed by atoms with Crippen molar-refractivity contribution in [3.05, 3.63) is 0 Å². The molecule has 0 aliphatic rings. The van der Waals surface area contributed by atoms with E-state index in [0.717, 1.165) is 19.3 Å². The molecule has 0 atom stereocenters. The fourth-order valence-electron chi connectivity index (χ4n) is 2.47. The first kappa shape index (κ1) is 19.9. The van der Waals surface area contributed by atoms with Crippen LogP contribution in [0.2, 0.25) is 0 Å². The minimum atomic E-state index is -0.927. The zero-order valence-electron chi connectivity index (χ0n) is 13.9. The number of unbranched alkanes of at least 4 members (excludes halogenated alkanes) is 8. The molecule has 0 aliphatic carbocycles. The van der Waals surface area contributed by atoms with Gasteiger partial charge >= 0.3 is 5.97 Å². The molecule has 1 amide bonds. The summed E-state index contributed by atoms with van der Waals surface area (Å²) in [4.78, 5) is 24.1. The second kappa shape index (κ2) is 13.9. The Morgan fingerprint density at radius 1 is 0.810 bits per heavy atom. The van der Waals surface area contributed by atoms with Gasteiger partial charge in [0.15, 0.2) is 0 Å². The second-order valence-corrected chi connectivity index (χ2v) is 5.79. The van der Waals surface area contributed by atoms with Crippen molar-refractivity contribution in [3.8, 4) is 0 Å². The highest BCUT2D eigenvalue weighted by molar-refractivity contribution is 5.81. The van der Waals surface area contributed by atoms with Crippen LogP contribution in [0.25, 0.3) is 0 Å². The predicted octanol–water partition coefficient (Wildman–Crippen LogP) is 4.23. The number of nitrogens with zero attached hydrogens (tertiary/aromatic N) is 1. The SMILES string of the molecule is CCCCCCCCCCCC(=O)N(CCC)CC(=O)O. The number of hydrogen-bond acceptors (Lipinski definition) is 2. The molecule has 0 bridgehead atoms. The van der Waals surface area contributed by atoms with Crippen molar-refractivity contribution in [1.82, 2.24) is 4.90 Å². The lowest BCUT2D eigenvalue weighted by atomic mass is 10.1. The minimum Gasteiger partial charge on any atom is -0.480 e. The van der Waals surface area contributed by atoms with Gasteiger partial charge in [-0.25, -0.2) is 0 Å². The standard InChI is InChI=1S/C17H33NO3/c1-3-5-6-7-8-9-10-11-12-13-16(19)18(14-4-2)15-17(20)21/h3-15H2,1-2H3,(H,20,21). The molecule has 0 aromatic carbocycles. The molecule has 4 heteroatoms. The maximum Gasteiger partial charge on any atom is 0.323 e. The Balaban J connectivity index is 3.60. The van der Waals surface area contributed by atoms with E-state index in [1.54, 1.807) is 0 Å². The Hall–Kier alpha value is -1.06. The van der Waals surface area contributed by atoms with Crippen molar-refractivity contribution < 1.29 is 14.7 Å². The van der Waals surface area contributed by atoms with E-state index in [4.69, 9.17) is 5.11 Å². The van der Waals surface area contributed by atoms with Gasteiger partial charge in [0.05, 0.1) is 0 Å². The van der Waals surface area contributed by atoms with Crippen LogP contribution in [0.3, 0.4) is 0 Å². The molecular formula is C17H33NO3. The van der Waals surface area contributed by atoms with Crippen LogP contribution < -0.4 is 0 Å². The van der Waals surface area contributed by atoms with Crippen molar-refractivity contribution >= 4 is 11.9 Å². The lowest BCUT2D eigenvalue weighted by Gasteiger charge is -2.19. The van der Waals surface area contributed by atoms with E-state index in [9.17, 15) is 9.59 Å². The van der Waals surface area contributed by atoms with Gasteiger partial charge in [0.25, 0.3) is 0 Å². The van der Waals surface area contributed by atoms with E-state index in [0.29, 0.717) is 13.0 Å². The topological polar surface area (TPSA) is 57.6 Å². The quantitative estimate of drug-likeness (QED) is 0.488. The van der Waals surface area contributed by atoms with E-state index >= 15 is 0 Å². The summed E-state index contributed by atoms with van der Waals surface area (Å²) < 4.78 is 0. The van der Waals surface area contributed by atoms with Crippen molar-refractivity contribution in [1.29, 1.82) is 0 Å². The molecule has 0 aromatic rings. The average Bonchev–Trinajstić information content (AvgIpc) is 2.44. The third kappa shape index (κ3) is 12.4. The van der Waals surface area contributed by atoms with Crippen LogP contribution in [-0.2, 0) is 9.59 Å². The average molecular weight is 299 g/mol. The van der Waals surface area contributed by atoms with Crippen molar-refractivity contribution in [2.75, 3.05) is 13.1 Å². The maximum atomic E-state index is 11.9. The first-order valence-electron chi connectivity index (χ1n) is 8.61. The molecule has 124 valence electrons. The molecule has 0 heterocycles. The lowest BCUT2D eigenvalue weighted by Crippen LogP contribution is -2.36. The van der Waals surface area contributed by atoms with Gasteiger partial charge in [-0.1, -0.05) is 65.2 Å². The van der Waals surface area contributed by atoms with Gasteiger partial charge < -0.3 is 10.0 Å². The summed E-state index contributed by atoms with van der Waals surface area (Å²) in [5, 5.41) is 8.80. The maximum absolute atomic E-state index is 11.9. The summed E-state index contributed by atoms with van der Waals surface area (Å²) in [5.41, 5.74) is 0. The zero-order valence-corrected chi connectivity index (χ0v) is 13.9. The lowest BCUT2D eigenvalue weighted by molar-refractivity contribution is -0.144. The van der Waals surface area contributed by atoms with E-state index in [1.165, 1.54) is 49.8 Å².